The maximum Gasteiger partial charge on any atom is 0.264 e. The average molecular weight is 401 g/mol. The zero-order chi connectivity index (χ0) is 19.9. The monoisotopic (exact) mass is 400 g/mol. The summed E-state index contributed by atoms with van der Waals surface area (Å²) in [5, 5.41) is 3.65. The summed E-state index contributed by atoms with van der Waals surface area (Å²) < 4.78 is 30.7. The minimum Gasteiger partial charge on any atom is -0.378 e. The molecule has 1 fully saturated rings. The second-order valence-corrected chi connectivity index (χ2v) is 9.38. The second kappa shape index (κ2) is 7.22. The van der Waals surface area contributed by atoms with E-state index in [-0.39, 0.29) is 12.1 Å². The maximum atomic E-state index is 12.0. The predicted octanol–water partition coefficient (Wildman–Crippen LogP) is 3.32. The van der Waals surface area contributed by atoms with Gasteiger partial charge in [0.2, 0.25) is 10.0 Å². The summed E-state index contributed by atoms with van der Waals surface area (Å²) >= 11 is 0. The third-order valence-corrected chi connectivity index (χ3v) is 5.99. The van der Waals surface area contributed by atoms with Gasteiger partial charge in [-0.15, -0.1) is 0 Å². The molecular formula is C21H24N2O4S. The lowest BCUT2D eigenvalue weighted by atomic mass is 9.77. The minimum absolute atomic E-state index is 0.0584. The molecule has 2 aliphatic heterocycles. The van der Waals surface area contributed by atoms with Crippen LogP contribution in [0.1, 0.15) is 52.0 Å². The highest BCUT2D eigenvalue weighted by Crippen LogP contribution is 2.49. The van der Waals surface area contributed by atoms with Gasteiger partial charge in [-0.05, 0) is 43.5 Å². The summed E-state index contributed by atoms with van der Waals surface area (Å²) in [6.45, 7) is 2.86. The Bertz CT molecular complexity index is 1000. The van der Waals surface area contributed by atoms with Crippen molar-refractivity contribution in [2.24, 2.45) is 5.92 Å². The SMILES string of the molecule is Cc1ccc2c(c1)[C@@H]1OCCC[C@@H]1[C@@H](c1ccc(C(=O)NS(C)(=O)=O)cc1)N2. The molecule has 6 nitrogen and oxygen atoms in total. The number of rotatable bonds is 3. The molecule has 0 saturated carbocycles. The van der Waals surface area contributed by atoms with E-state index in [1.54, 1.807) is 12.1 Å². The van der Waals surface area contributed by atoms with Crippen molar-refractivity contribution < 1.29 is 17.9 Å². The quantitative estimate of drug-likeness (QED) is 0.826. The van der Waals surface area contributed by atoms with Gasteiger partial charge in [0.25, 0.3) is 5.91 Å². The van der Waals surface area contributed by atoms with Gasteiger partial charge in [-0.25, -0.2) is 13.1 Å². The van der Waals surface area contributed by atoms with Crippen molar-refractivity contribution in [2.75, 3.05) is 18.2 Å². The predicted molar refractivity (Wildman–Crippen MR) is 108 cm³/mol. The summed E-state index contributed by atoms with van der Waals surface area (Å²) in [5.41, 5.74) is 4.89. The number of ether oxygens (including phenoxy) is 1. The van der Waals surface area contributed by atoms with Crippen LogP contribution in [-0.2, 0) is 14.8 Å². The fourth-order valence-electron chi connectivity index (χ4n) is 4.19. The van der Waals surface area contributed by atoms with Crippen LogP contribution < -0.4 is 10.0 Å². The Morgan fingerprint density at radius 2 is 1.93 bits per heavy atom. The fraction of sp³-hybridized carbons (Fsp3) is 0.381. The van der Waals surface area contributed by atoms with E-state index in [2.05, 4.69) is 30.4 Å². The van der Waals surface area contributed by atoms with Crippen molar-refractivity contribution in [2.45, 2.75) is 31.9 Å². The third-order valence-electron chi connectivity index (χ3n) is 5.43. The number of carbonyl (C=O) groups is 1. The normalized spacial score (nSPS) is 23.9. The lowest BCUT2D eigenvalue weighted by Gasteiger charge is -2.43. The molecule has 0 aromatic heterocycles. The van der Waals surface area contributed by atoms with Gasteiger partial charge in [0.15, 0.2) is 0 Å². The molecule has 4 rings (SSSR count). The zero-order valence-electron chi connectivity index (χ0n) is 15.9. The number of hydrogen-bond acceptors (Lipinski definition) is 5. The first kappa shape index (κ1) is 19.0. The van der Waals surface area contributed by atoms with Crippen molar-refractivity contribution in [1.29, 1.82) is 0 Å². The molecule has 3 atom stereocenters. The van der Waals surface area contributed by atoms with Gasteiger partial charge >= 0.3 is 0 Å². The first-order valence-electron chi connectivity index (χ1n) is 9.42. The van der Waals surface area contributed by atoms with Gasteiger partial charge in [0.1, 0.15) is 0 Å². The smallest absolute Gasteiger partial charge is 0.264 e. The van der Waals surface area contributed by atoms with E-state index in [0.29, 0.717) is 11.5 Å². The summed E-state index contributed by atoms with van der Waals surface area (Å²) in [7, 11) is -3.58. The van der Waals surface area contributed by atoms with E-state index < -0.39 is 15.9 Å². The number of anilines is 1. The van der Waals surface area contributed by atoms with Crippen molar-refractivity contribution in [3.63, 3.8) is 0 Å². The Balaban J connectivity index is 1.63. The van der Waals surface area contributed by atoms with Crippen LogP contribution in [0.4, 0.5) is 5.69 Å². The van der Waals surface area contributed by atoms with Crippen molar-refractivity contribution >= 4 is 21.6 Å². The number of benzene rings is 2. The molecule has 2 heterocycles. The van der Waals surface area contributed by atoms with Gasteiger partial charge in [0, 0.05) is 29.3 Å². The number of carbonyl (C=O) groups excluding carboxylic acids is 1. The molecular weight excluding hydrogens is 376 g/mol. The van der Waals surface area contributed by atoms with E-state index in [1.165, 1.54) is 11.1 Å². The molecule has 0 bridgehead atoms. The lowest BCUT2D eigenvalue weighted by molar-refractivity contribution is -0.0381. The van der Waals surface area contributed by atoms with Crippen LogP contribution in [0.5, 0.6) is 0 Å². The molecule has 148 valence electrons. The largest absolute Gasteiger partial charge is 0.378 e. The number of sulfonamides is 1. The topological polar surface area (TPSA) is 84.5 Å². The fourth-order valence-corrected chi connectivity index (χ4v) is 4.64. The Kier molecular flexibility index (Phi) is 4.89. The summed E-state index contributed by atoms with van der Waals surface area (Å²) in [6.07, 6.45) is 3.11. The molecule has 0 unspecified atom stereocenters. The highest BCUT2D eigenvalue weighted by Gasteiger charge is 2.39. The van der Waals surface area contributed by atoms with Crippen LogP contribution in [0, 0.1) is 12.8 Å². The molecule has 2 aromatic carbocycles. The molecule has 1 saturated heterocycles. The van der Waals surface area contributed by atoms with Gasteiger partial charge in [-0.3, -0.25) is 4.79 Å². The molecule has 1 amide bonds. The lowest BCUT2D eigenvalue weighted by Crippen LogP contribution is -2.36. The van der Waals surface area contributed by atoms with E-state index in [1.807, 2.05) is 16.9 Å². The second-order valence-electron chi connectivity index (χ2n) is 7.64. The van der Waals surface area contributed by atoms with Crippen LogP contribution in [0.25, 0.3) is 0 Å². The van der Waals surface area contributed by atoms with Crippen molar-refractivity contribution in [1.82, 2.24) is 4.72 Å². The summed E-state index contributed by atoms with van der Waals surface area (Å²) in [6, 6.07) is 13.6. The molecule has 0 radical (unpaired) electrons. The highest BCUT2D eigenvalue weighted by atomic mass is 32.2. The number of fused-ring (bicyclic) bond motifs is 3. The Morgan fingerprint density at radius 1 is 1.18 bits per heavy atom. The summed E-state index contributed by atoms with van der Waals surface area (Å²) in [4.78, 5) is 12.0. The van der Waals surface area contributed by atoms with E-state index in [4.69, 9.17) is 4.74 Å². The van der Waals surface area contributed by atoms with Crippen LogP contribution in [0.2, 0.25) is 0 Å². The Hall–Kier alpha value is -2.38. The molecule has 2 aliphatic rings. The average Bonchev–Trinajstić information content (AvgIpc) is 2.66. The van der Waals surface area contributed by atoms with E-state index in [9.17, 15) is 13.2 Å². The number of amides is 1. The van der Waals surface area contributed by atoms with Crippen LogP contribution >= 0.6 is 0 Å². The van der Waals surface area contributed by atoms with Crippen LogP contribution in [0.3, 0.4) is 0 Å². The molecule has 2 N–H and O–H groups in total. The van der Waals surface area contributed by atoms with Crippen molar-refractivity contribution in [3.8, 4) is 0 Å². The Morgan fingerprint density at radius 3 is 2.64 bits per heavy atom. The number of nitrogens with one attached hydrogen (secondary N) is 2. The standard InChI is InChI=1S/C21H24N2O4S/c1-13-5-10-18-17(12-13)20-16(4-3-11-27-20)19(22-18)14-6-8-15(9-7-14)21(24)23-28(2,25)26/h5-10,12,16,19-20,22H,3-4,11H2,1-2H3,(H,23,24)/t16-,19-,20-/m1/s1. The highest BCUT2D eigenvalue weighted by molar-refractivity contribution is 7.89. The Labute approximate surface area is 165 Å². The summed E-state index contributed by atoms with van der Waals surface area (Å²) in [5.74, 6) is -0.316. The van der Waals surface area contributed by atoms with E-state index >= 15 is 0 Å². The van der Waals surface area contributed by atoms with Gasteiger partial charge in [-0.1, -0.05) is 29.8 Å². The van der Waals surface area contributed by atoms with Crippen LogP contribution in [-0.4, -0.2) is 27.2 Å². The first-order chi connectivity index (χ1) is 13.3. The first-order valence-corrected chi connectivity index (χ1v) is 11.3. The van der Waals surface area contributed by atoms with Gasteiger partial charge in [-0.2, -0.15) is 0 Å². The maximum absolute atomic E-state index is 12.0. The molecule has 2 aromatic rings. The minimum atomic E-state index is -3.58. The molecule has 0 spiro atoms. The number of aryl methyl sites for hydroxylation is 1. The van der Waals surface area contributed by atoms with Gasteiger partial charge < -0.3 is 10.1 Å². The molecule has 0 aliphatic carbocycles. The van der Waals surface area contributed by atoms with Crippen LogP contribution in [0.15, 0.2) is 42.5 Å². The van der Waals surface area contributed by atoms with Gasteiger partial charge in [0.05, 0.1) is 18.4 Å². The molecule has 7 heteroatoms. The van der Waals surface area contributed by atoms with E-state index in [0.717, 1.165) is 37.0 Å². The molecule has 28 heavy (non-hydrogen) atoms. The zero-order valence-corrected chi connectivity index (χ0v) is 16.8. The number of hydrogen-bond donors (Lipinski definition) is 2. The van der Waals surface area contributed by atoms with Crippen molar-refractivity contribution in [3.05, 3.63) is 64.7 Å². The third kappa shape index (κ3) is 3.77.